The van der Waals surface area contributed by atoms with Crippen molar-refractivity contribution in [1.29, 1.82) is 0 Å². The van der Waals surface area contributed by atoms with E-state index in [1.54, 1.807) is 0 Å². The van der Waals surface area contributed by atoms with Crippen molar-refractivity contribution in [3.05, 3.63) is 0 Å². The Morgan fingerprint density at radius 3 is 0.652 bits per heavy atom. The van der Waals surface area contributed by atoms with Gasteiger partial charge in [-0.25, -0.2) is 0 Å². The highest BCUT2D eigenvalue weighted by molar-refractivity contribution is 6.94. The summed E-state index contributed by atoms with van der Waals surface area (Å²) in [4.78, 5) is 0. The van der Waals surface area contributed by atoms with Crippen LogP contribution in [0.4, 0.5) is 0 Å². The third-order valence-corrected chi connectivity index (χ3v) is 41.0. The topological polar surface area (TPSA) is 173 Å². The summed E-state index contributed by atoms with van der Waals surface area (Å²) in [6.45, 7) is 24.8. The van der Waals surface area contributed by atoms with Crippen LogP contribution in [0.25, 0.3) is 0 Å². The second-order valence-corrected chi connectivity index (χ2v) is 42.2. The molecular weight excluding hydrogens is 957 g/mol. The maximum absolute atomic E-state index is 7.76. The first-order chi connectivity index (χ1) is 31.7. The number of epoxide rings is 5. The molecule has 9 unspecified atom stereocenters. The molecule has 0 bridgehead atoms. The molecular formula is C43H86O17Si6. The molecule has 66 heavy (non-hydrogen) atoms. The van der Waals surface area contributed by atoms with E-state index in [9.17, 15) is 0 Å². The van der Waals surface area contributed by atoms with Crippen LogP contribution in [-0.4, -0.2) is 194 Å². The number of hydrogen-bond acceptors (Lipinski definition) is 17. The zero-order chi connectivity index (χ0) is 46.4. The van der Waals surface area contributed by atoms with Crippen LogP contribution in [0.15, 0.2) is 0 Å². The zero-order valence-electron chi connectivity index (χ0n) is 41.3. The second-order valence-electron chi connectivity index (χ2n) is 20.7. The van der Waals surface area contributed by atoms with Crippen LogP contribution in [0, 0.1) is 5.92 Å². The Morgan fingerprint density at radius 1 is 0.303 bits per heavy atom. The van der Waals surface area contributed by atoms with E-state index in [1.807, 2.05) is 0 Å². The maximum Gasteiger partial charge on any atom is 0.317 e. The molecule has 0 N–H and O–H groups in total. The summed E-state index contributed by atoms with van der Waals surface area (Å²) < 4.78 is 110. The Bertz CT molecular complexity index is 1130. The first kappa shape index (κ1) is 54.4. The van der Waals surface area contributed by atoms with Gasteiger partial charge in [-0.15, -0.1) is 0 Å². The summed E-state index contributed by atoms with van der Waals surface area (Å²) >= 11 is 0. The molecule has 9 atom stereocenters. The van der Waals surface area contributed by atoms with E-state index in [0.29, 0.717) is 78.6 Å². The van der Waals surface area contributed by atoms with Crippen LogP contribution in [0.3, 0.4) is 0 Å². The fourth-order valence-electron chi connectivity index (χ4n) is 8.88. The largest absolute Gasteiger partial charge is 0.416 e. The summed E-state index contributed by atoms with van der Waals surface area (Å²) in [5.74, 6) is 0.700. The SMILES string of the molecule is C[Si]1(CCCOCC2CC2)O[Si](C)(CCCOCC2CO2)O[Si](C)(CCCOCC2CO2)O[Si](C)(CCCOCC2CO2)O[Si](C)(CCCOCC2CO2)O[Si](C)(CCCOCC2CO2)O1. The van der Waals surface area contributed by atoms with E-state index in [0.717, 1.165) is 114 Å². The van der Waals surface area contributed by atoms with Gasteiger partial charge in [0.25, 0.3) is 0 Å². The van der Waals surface area contributed by atoms with Crippen molar-refractivity contribution >= 4 is 51.4 Å². The molecule has 384 valence electrons. The number of ether oxygens (including phenoxy) is 11. The summed E-state index contributed by atoms with van der Waals surface area (Å²) in [7, 11) is -18.6. The molecule has 6 saturated heterocycles. The maximum atomic E-state index is 7.76. The Kier molecular flexibility index (Phi) is 21.4. The molecule has 7 aliphatic rings. The molecule has 0 amide bonds. The lowest BCUT2D eigenvalue weighted by Gasteiger charge is -2.50. The first-order valence-electron chi connectivity index (χ1n) is 25.5. The predicted octanol–water partition coefficient (Wildman–Crippen LogP) is 6.38. The van der Waals surface area contributed by atoms with Crippen LogP contribution >= 0.6 is 0 Å². The molecule has 0 aromatic rings. The highest BCUT2D eigenvalue weighted by atomic mass is 28.5. The van der Waals surface area contributed by atoms with Gasteiger partial charge >= 0.3 is 51.4 Å². The van der Waals surface area contributed by atoms with Gasteiger partial charge in [-0.3, -0.25) is 0 Å². The molecule has 7 rings (SSSR count). The highest BCUT2D eigenvalue weighted by Gasteiger charge is 2.57. The first-order valence-corrected chi connectivity index (χ1v) is 40.6. The minimum Gasteiger partial charge on any atom is -0.416 e. The molecule has 0 aromatic heterocycles. The third-order valence-electron chi connectivity index (χ3n) is 12.7. The van der Waals surface area contributed by atoms with Crippen molar-refractivity contribution in [2.24, 2.45) is 5.92 Å². The summed E-state index contributed by atoms with van der Waals surface area (Å²) in [6, 6.07) is 4.39. The van der Waals surface area contributed by atoms with Crippen LogP contribution in [-0.2, 0) is 76.8 Å². The standard InChI is InChI=1S/C43H86O17Si6/c1-61(21-7-15-44-27-38-13-14-38)55-62(2,22-8-16-45-28-39-33-50-39)57-64(4,24-10-18-47-30-41-35-52-41)59-66(6,26-12-20-49-32-43-37-54-43)60-65(5,25-11-19-48-31-42-36-53-42)58-63(3,56-61)23-9-17-46-29-40-34-51-40/h38-43H,7-37H2,1-6H3. The van der Waals surface area contributed by atoms with Crippen molar-refractivity contribution < 1.29 is 76.8 Å². The van der Waals surface area contributed by atoms with Gasteiger partial charge in [0.05, 0.1) is 66.1 Å². The summed E-state index contributed by atoms with van der Waals surface area (Å²) in [6.07, 6.45) is 8.34. The molecule has 0 spiro atoms. The van der Waals surface area contributed by atoms with Gasteiger partial charge in [0.2, 0.25) is 0 Å². The lowest BCUT2D eigenvalue weighted by Crippen LogP contribution is -2.67. The zero-order valence-corrected chi connectivity index (χ0v) is 47.3. The van der Waals surface area contributed by atoms with Gasteiger partial charge in [0.15, 0.2) is 0 Å². The predicted molar refractivity (Wildman–Crippen MR) is 259 cm³/mol. The molecule has 17 nitrogen and oxygen atoms in total. The van der Waals surface area contributed by atoms with Gasteiger partial charge in [-0.2, -0.15) is 0 Å². The minimum absolute atomic E-state index is 0.205. The van der Waals surface area contributed by atoms with Gasteiger partial charge in [0, 0.05) is 46.2 Å². The van der Waals surface area contributed by atoms with Gasteiger partial charge in [-0.1, -0.05) is 0 Å². The smallest absolute Gasteiger partial charge is 0.317 e. The Labute approximate surface area is 402 Å². The molecule has 0 radical (unpaired) electrons. The van der Waals surface area contributed by atoms with Gasteiger partial charge < -0.3 is 76.8 Å². The molecule has 0 aromatic carbocycles. The summed E-state index contributed by atoms with van der Waals surface area (Å²) in [5.41, 5.74) is 0. The van der Waals surface area contributed by atoms with Crippen LogP contribution in [0.1, 0.15) is 51.4 Å². The van der Waals surface area contributed by atoms with Crippen molar-refractivity contribution in [2.45, 2.75) is 157 Å². The van der Waals surface area contributed by atoms with E-state index in [4.69, 9.17) is 76.8 Å². The van der Waals surface area contributed by atoms with E-state index >= 15 is 0 Å². The number of rotatable bonds is 36. The molecule has 7 fully saturated rings. The summed E-state index contributed by atoms with van der Waals surface area (Å²) in [5, 5.41) is 0. The normalized spacial score (nSPS) is 38.7. The number of hydrogen-bond donors (Lipinski definition) is 0. The third kappa shape index (κ3) is 22.2. The minimum atomic E-state index is -3.10. The Hall–Kier alpha value is 0.621. The van der Waals surface area contributed by atoms with Crippen molar-refractivity contribution in [3.63, 3.8) is 0 Å². The van der Waals surface area contributed by atoms with Crippen molar-refractivity contribution in [2.75, 3.05) is 112 Å². The van der Waals surface area contributed by atoms with Crippen molar-refractivity contribution in [3.8, 4) is 0 Å². The molecule has 23 heteroatoms. The second kappa shape index (κ2) is 26.0. The van der Waals surface area contributed by atoms with Crippen molar-refractivity contribution in [1.82, 2.24) is 0 Å². The van der Waals surface area contributed by atoms with E-state index in [-0.39, 0.29) is 30.5 Å². The molecule has 6 heterocycles. The fraction of sp³-hybridized carbons (Fsp3) is 1.00. The average molecular weight is 1040 g/mol. The van der Waals surface area contributed by atoms with Crippen LogP contribution in [0.5, 0.6) is 0 Å². The molecule has 1 aliphatic carbocycles. The van der Waals surface area contributed by atoms with Gasteiger partial charge in [-0.05, 0) is 133 Å². The quantitative estimate of drug-likeness (QED) is 0.0384. The molecule has 1 saturated carbocycles. The lowest BCUT2D eigenvalue weighted by atomic mass is 10.4. The fourth-order valence-corrected chi connectivity index (χ4v) is 43.7. The van der Waals surface area contributed by atoms with E-state index in [1.165, 1.54) is 12.8 Å². The van der Waals surface area contributed by atoms with Crippen LogP contribution in [0.2, 0.25) is 75.5 Å². The lowest BCUT2D eigenvalue weighted by molar-refractivity contribution is 0.111. The Morgan fingerprint density at radius 2 is 0.485 bits per heavy atom. The van der Waals surface area contributed by atoms with Crippen LogP contribution < -0.4 is 0 Å². The van der Waals surface area contributed by atoms with Gasteiger partial charge in [0.1, 0.15) is 30.5 Å². The van der Waals surface area contributed by atoms with E-state index in [2.05, 4.69) is 39.3 Å². The average Bonchev–Trinajstić information content (AvgIpc) is 4.01. The highest BCUT2D eigenvalue weighted by Crippen LogP contribution is 2.40. The monoisotopic (exact) mass is 1040 g/mol. The van der Waals surface area contributed by atoms with E-state index < -0.39 is 51.4 Å². The Balaban J connectivity index is 1.17. The molecule has 6 aliphatic heterocycles.